The first kappa shape index (κ1) is 20.1. The van der Waals surface area contributed by atoms with E-state index in [2.05, 4.69) is 22.4 Å². The zero-order valence-electron chi connectivity index (χ0n) is 16.9. The van der Waals surface area contributed by atoms with Gasteiger partial charge in [0.25, 0.3) is 0 Å². The molecule has 1 amide bonds. The number of carbonyl (C=O) groups is 1. The van der Waals surface area contributed by atoms with Crippen LogP contribution in [0.4, 0.5) is 0 Å². The van der Waals surface area contributed by atoms with Crippen LogP contribution in [0.25, 0.3) is 21.8 Å². The summed E-state index contributed by atoms with van der Waals surface area (Å²) in [5.41, 5.74) is 2.42. The topological polar surface area (TPSA) is 81.1 Å². The number of hydrogen-bond acceptors (Lipinski definition) is 4. The summed E-state index contributed by atoms with van der Waals surface area (Å²) in [6, 6.07) is 21.4. The fourth-order valence-corrected chi connectivity index (χ4v) is 4.33. The van der Waals surface area contributed by atoms with E-state index in [0.717, 1.165) is 21.9 Å². The van der Waals surface area contributed by atoms with Crippen LogP contribution in [0.15, 0.2) is 66.7 Å². The summed E-state index contributed by atoms with van der Waals surface area (Å²) in [5, 5.41) is 5.28. The minimum atomic E-state index is -3.28. The number of hydrogen-bond donors (Lipinski definition) is 1. The number of rotatable bonds is 6. The van der Waals surface area contributed by atoms with Crippen LogP contribution < -0.4 is 5.32 Å². The van der Waals surface area contributed by atoms with Crippen molar-refractivity contribution in [1.29, 1.82) is 0 Å². The zero-order valence-corrected chi connectivity index (χ0v) is 17.7. The maximum absolute atomic E-state index is 12.8. The molecule has 0 aliphatic rings. The molecule has 0 fully saturated rings. The molecule has 7 heteroatoms. The summed E-state index contributed by atoms with van der Waals surface area (Å²) in [6.45, 7) is 1.94. The Morgan fingerprint density at radius 2 is 1.73 bits per heavy atom. The van der Waals surface area contributed by atoms with Crippen molar-refractivity contribution in [2.24, 2.45) is 0 Å². The summed E-state index contributed by atoms with van der Waals surface area (Å²) in [4.78, 5) is 17.2. The van der Waals surface area contributed by atoms with Gasteiger partial charge in [-0.25, -0.2) is 13.4 Å². The fourth-order valence-electron chi connectivity index (χ4n) is 3.64. The first-order chi connectivity index (χ1) is 14.3. The first-order valence-electron chi connectivity index (χ1n) is 9.70. The van der Waals surface area contributed by atoms with Crippen LogP contribution in [-0.2, 0) is 26.9 Å². The second kappa shape index (κ2) is 7.91. The predicted octanol–water partition coefficient (Wildman–Crippen LogP) is 3.61. The Morgan fingerprint density at radius 3 is 2.50 bits per heavy atom. The molecule has 0 aliphatic heterocycles. The van der Waals surface area contributed by atoms with Crippen LogP contribution in [0.3, 0.4) is 0 Å². The molecule has 0 aliphatic carbocycles. The van der Waals surface area contributed by atoms with E-state index in [1.54, 1.807) is 4.57 Å². The van der Waals surface area contributed by atoms with Crippen molar-refractivity contribution >= 4 is 37.6 Å². The minimum Gasteiger partial charge on any atom is -0.348 e. The fraction of sp³-hybridized carbons (Fsp3) is 0.217. The third kappa shape index (κ3) is 4.36. The number of sulfone groups is 1. The molecule has 0 saturated heterocycles. The van der Waals surface area contributed by atoms with E-state index in [-0.39, 0.29) is 24.2 Å². The third-order valence-electron chi connectivity index (χ3n) is 5.08. The van der Waals surface area contributed by atoms with Crippen LogP contribution >= 0.6 is 0 Å². The van der Waals surface area contributed by atoms with Gasteiger partial charge in [-0.1, -0.05) is 48.5 Å². The highest BCUT2D eigenvalue weighted by molar-refractivity contribution is 7.89. The van der Waals surface area contributed by atoms with Crippen LogP contribution in [0.1, 0.15) is 24.4 Å². The van der Waals surface area contributed by atoms with E-state index in [1.807, 2.05) is 61.5 Å². The molecule has 0 radical (unpaired) electrons. The Bertz CT molecular complexity index is 1340. The molecule has 6 nitrogen and oxygen atoms in total. The van der Waals surface area contributed by atoms with Crippen molar-refractivity contribution in [1.82, 2.24) is 14.9 Å². The predicted molar refractivity (Wildman–Crippen MR) is 119 cm³/mol. The second-order valence-electron chi connectivity index (χ2n) is 7.57. The van der Waals surface area contributed by atoms with Gasteiger partial charge in [-0.3, -0.25) is 4.79 Å². The monoisotopic (exact) mass is 421 g/mol. The normalized spacial score (nSPS) is 12.9. The van der Waals surface area contributed by atoms with E-state index in [9.17, 15) is 13.2 Å². The van der Waals surface area contributed by atoms with Gasteiger partial charge in [0, 0.05) is 6.26 Å². The van der Waals surface area contributed by atoms with Crippen molar-refractivity contribution in [3.8, 4) is 0 Å². The van der Waals surface area contributed by atoms with Gasteiger partial charge in [0.05, 0.1) is 17.1 Å². The van der Waals surface area contributed by atoms with Gasteiger partial charge in [0.15, 0.2) is 9.84 Å². The maximum Gasteiger partial charge on any atom is 0.240 e. The maximum atomic E-state index is 12.8. The smallest absolute Gasteiger partial charge is 0.240 e. The number of aromatic nitrogens is 2. The second-order valence-corrected chi connectivity index (χ2v) is 9.71. The van der Waals surface area contributed by atoms with Crippen LogP contribution in [0, 0.1) is 0 Å². The molecular formula is C23H23N3O3S. The Morgan fingerprint density at radius 1 is 1.03 bits per heavy atom. The van der Waals surface area contributed by atoms with Crippen molar-refractivity contribution < 1.29 is 13.2 Å². The summed E-state index contributed by atoms with van der Waals surface area (Å²) in [5.74, 6) is -0.0457. The molecule has 1 N–H and O–H groups in total. The largest absolute Gasteiger partial charge is 0.348 e. The number of amides is 1. The van der Waals surface area contributed by atoms with Gasteiger partial charge < -0.3 is 9.88 Å². The van der Waals surface area contributed by atoms with Crippen molar-refractivity contribution in [2.75, 3.05) is 6.26 Å². The number of benzene rings is 3. The van der Waals surface area contributed by atoms with Gasteiger partial charge in [-0.05, 0) is 41.5 Å². The molecule has 30 heavy (non-hydrogen) atoms. The molecule has 1 aromatic heterocycles. The van der Waals surface area contributed by atoms with Crippen LogP contribution in [0.2, 0.25) is 0 Å². The standard InChI is InChI=1S/C23H23N3O3S/c1-16(18-12-11-17-7-3-4-8-19(17)13-18)24-23(27)14-26-21-10-6-5-9-20(21)25-22(26)15-30(2,28)29/h3-13,16H,14-15H2,1-2H3,(H,24,27). The number of para-hydroxylation sites is 2. The van der Waals surface area contributed by atoms with Crippen molar-refractivity contribution in [3.05, 3.63) is 78.1 Å². The van der Waals surface area contributed by atoms with Crippen LogP contribution in [0.5, 0.6) is 0 Å². The number of imidazole rings is 1. The Balaban J connectivity index is 1.57. The molecule has 3 aromatic carbocycles. The molecule has 0 saturated carbocycles. The molecule has 0 bridgehead atoms. The zero-order chi connectivity index (χ0) is 21.3. The molecule has 4 aromatic rings. The van der Waals surface area contributed by atoms with Gasteiger partial charge in [0.2, 0.25) is 5.91 Å². The quantitative estimate of drug-likeness (QED) is 0.516. The highest BCUT2D eigenvalue weighted by Gasteiger charge is 2.18. The lowest BCUT2D eigenvalue weighted by molar-refractivity contribution is -0.122. The van der Waals surface area contributed by atoms with E-state index >= 15 is 0 Å². The number of fused-ring (bicyclic) bond motifs is 2. The molecule has 1 unspecified atom stereocenters. The van der Waals surface area contributed by atoms with E-state index in [1.165, 1.54) is 6.26 Å². The Hall–Kier alpha value is -3.19. The van der Waals surface area contributed by atoms with E-state index < -0.39 is 9.84 Å². The van der Waals surface area contributed by atoms with Gasteiger partial charge in [-0.2, -0.15) is 0 Å². The number of nitrogens with one attached hydrogen (secondary N) is 1. The highest BCUT2D eigenvalue weighted by Crippen LogP contribution is 2.21. The van der Waals surface area contributed by atoms with Gasteiger partial charge in [0.1, 0.15) is 18.1 Å². The van der Waals surface area contributed by atoms with Gasteiger partial charge in [-0.15, -0.1) is 0 Å². The Labute approximate surface area is 175 Å². The molecule has 1 atom stereocenters. The molecule has 1 heterocycles. The average Bonchev–Trinajstić information content (AvgIpc) is 3.02. The number of nitrogens with zero attached hydrogens (tertiary/aromatic N) is 2. The summed E-state index contributed by atoms with van der Waals surface area (Å²) in [7, 11) is -3.28. The first-order valence-corrected chi connectivity index (χ1v) is 11.8. The van der Waals surface area contributed by atoms with Crippen LogP contribution in [-0.4, -0.2) is 30.1 Å². The average molecular weight is 422 g/mol. The Kier molecular flexibility index (Phi) is 5.30. The molecule has 4 rings (SSSR count). The van der Waals surface area contributed by atoms with E-state index in [0.29, 0.717) is 11.3 Å². The minimum absolute atomic E-state index is 0.00326. The third-order valence-corrected chi connectivity index (χ3v) is 5.86. The summed E-state index contributed by atoms with van der Waals surface area (Å²) in [6.07, 6.45) is 1.17. The van der Waals surface area contributed by atoms with Crippen molar-refractivity contribution in [3.63, 3.8) is 0 Å². The lowest BCUT2D eigenvalue weighted by atomic mass is 10.0. The lowest BCUT2D eigenvalue weighted by Gasteiger charge is -2.16. The number of carbonyl (C=O) groups excluding carboxylic acids is 1. The highest BCUT2D eigenvalue weighted by atomic mass is 32.2. The summed E-state index contributed by atoms with van der Waals surface area (Å²) >= 11 is 0. The SMILES string of the molecule is CC(NC(=O)Cn1c(CS(C)(=O)=O)nc2ccccc21)c1ccc2ccccc2c1. The van der Waals surface area contributed by atoms with Crippen molar-refractivity contribution in [2.45, 2.75) is 25.3 Å². The molecule has 154 valence electrons. The summed E-state index contributed by atoms with van der Waals surface area (Å²) < 4.78 is 25.3. The van der Waals surface area contributed by atoms with E-state index in [4.69, 9.17) is 0 Å². The molecular weight excluding hydrogens is 398 g/mol. The lowest BCUT2D eigenvalue weighted by Crippen LogP contribution is -2.30. The molecule has 0 spiro atoms. The van der Waals surface area contributed by atoms with Gasteiger partial charge >= 0.3 is 0 Å².